The van der Waals surface area contributed by atoms with E-state index in [-0.39, 0.29) is 23.7 Å². The number of hydrogen-bond donors (Lipinski definition) is 3. The van der Waals surface area contributed by atoms with Gasteiger partial charge in [-0.25, -0.2) is 0 Å². The summed E-state index contributed by atoms with van der Waals surface area (Å²) in [6, 6.07) is 7.47. The van der Waals surface area contributed by atoms with Crippen molar-refractivity contribution in [1.82, 2.24) is 5.32 Å². The van der Waals surface area contributed by atoms with E-state index in [1.54, 1.807) is 0 Å². The lowest BCUT2D eigenvalue weighted by Crippen LogP contribution is -2.34. The van der Waals surface area contributed by atoms with Crippen LogP contribution in [0.5, 0.6) is 0 Å². The van der Waals surface area contributed by atoms with Gasteiger partial charge in [0.15, 0.2) is 0 Å². The van der Waals surface area contributed by atoms with Gasteiger partial charge in [-0.3, -0.25) is 9.59 Å². The van der Waals surface area contributed by atoms with Gasteiger partial charge in [-0.1, -0.05) is 32.9 Å². The maximum Gasteiger partial charge on any atom is 0.226 e. The van der Waals surface area contributed by atoms with Crippen molar-refractivity contribution in [1.29, 1.82) is 0 Å². The highest BCUT2D eigenvalue weighted by atomic mass is 16.2. The molecule has 4 N–H and O–H groups in total. The molecule has 1 aromatic rings. The van der Waals surface area contributed by atoms with Crippen LogP contribution < -0.4 is 16.4 Å². The first kappa shape index (κ1) is 17.2. The lowest BCUT2D eigenvalue weighted by molar-refractivity contribution is -0.125. The Bertz CT molecular complexity index is 482. The standard InChI is InChI=1S/C16H25N3O2/c1-4-13(9-17)16(21)18-10-12-6-5-7-14(8-12)19-15(20)11(2)3/h5-8,11,13H,4,9-10,17H2,1-3H3,(H,18,21)(H,19,20). The predicted molar refractivity (Wildman–Crippen MR) is 84.6 cm³/mol. The van der Waals surface area contributed by atoms with Crippen molar-refractivity contribution >= 4 is 17.5 Å². The van der Waals surface area contributed by atoms with Crippen molar-refractivity contribution in [3.8, 4) is 0 Å². The molecule has 2 amide bonds. The fraction of sp³-hybridized carbons (Fsp3) is 0.500. The largest absolute Gasteiger partial charge is 0.352 e. The summed E-state index contributed by atoms with van der Waals surface area (Å²) in [5.41, 5.74) is 7.24. The minimum atomic E-state index is -0.145. The molecule has 0 aliphatic heterocycles. The van der Waals surface area contributed by atoms with Crippen LogP contribution in [-0.4, -0.2) is 18.4 Å². The summed E-state index contributed by atoms with van der Waals surface area (Å²) in [5.74, 6) is -0.265. The van der Waals surface area contributed by atoms with Crippen LogP contribution in [0.25, 0.3) is 0 Å². The molecule has 0 spiro atoms. The van der Waals surface area contributed by atoms with Crippen molar-refractivity contribution in [2.75, 3.05) is 11.9 Å². The Kier molecular flexibility index (Phi) is 6.88. The minimum absolute atomic E-state index is 0.0228. The molecule has 0 aliphatic rings. The molecule has 21 heavy (non-hydrogen) atoms. The molecule has 0 fully saturated rings. The average Bonchev–Trinajstić information content (AvgIpc) is 2.46. The Balaban J connectivity index is 2.61. The first-order valence-corrected chi connectivity index (χ1v) is 7.35. The Morgan fingerprint density at radius 3 is 2.52 bits per heavy atom. The molecule has 0 aliphatic carbocycles. The Labute approximate surface area is 126 Å². The van der Waals surface area contributed by atoms with Crippen molar-refractivity contribution in [2.45, 2.75) is 33.7 Å². The molecule has 5 nitrogen and oxygen atoms in total. The molecule has 1 unspecified atom stereocenters. The zero-order chi connectivity index (χ0) is 15.8. The molecule has 116 valence electrons. The molecule has 1 aromatic carbocycles. The lowest BCUT2D eigenvalue weighted by atomic mass is 10.1. The summed E-state index contributed by atoms with van der Waals surface area (Å²) < 4.78 is 0. The summed E-state index contributed by atoms with van der Waals surface area (Å²) in [6.07, 6.45) is 0.729. The third-order valence-electron chi connectivity index (χ3n) is 3.33. The highest BCUT2D eigenvalue weighted by Gasteiger charge is 2.13. The zero-order valence-corrected chi connectivity index (χ0v) is 13.0. The van der Waals surface area contributed by atoms with Crippen LogP contribution in [0.15, 0.2) is 24.3 Å². The molecule has 0 bridgehead atoms. The van der Waals surface area contributed by atoms with E-state index in [1.165, 1.54) is 0 Å². The number of rotatable bonds is 7. The van der Waals surface area contributed by atoms with Gasteiger partial charge in [-0.15, -0.1) is 0 Å². The molecular formula is C16H25N3O2. The molecule has 1 atom stereocenters. The van der Waals surface area contributed by atoms with E-state index in [0.29, 0.717) is 13.1 Å². The number of hydrogen-bond acceptors (Lipinski definition) is 3. The van der Waals surface area contributed by atoms with E-state index in [2.05, 4.69) is 10.6 Å². The van der Waals surface area contributed by atoms with Gasteiger partial charge in [0.1, 0.15) is 0 Å². The van der Waals surface area contributed by atoms with Crippen LogP contribution >= 0.6 is 0 Å². The Hall–Kier alpha value is -1.88. The molecule has 5 heteroatoms. The van der Waals surface area contributed by atoms with E-state index in [1.807, 2.05) is 45.0 Å². The highest BCUT2D eigenvalue weighted by Crippen LogP contribution is 2.12. The van der Waals surface area contributed by atoms with E-state index in [4.69, 9.17) is 5.73 Å². The third-order valence-corrected chi connectivity index (χ3v) is 3.33. The van der Waals surface area contributed by atoms with Gasteiger partial charge in [0.2, 0.25) is 11.8 Å². The normalized spacial score (nSPS) is 12.0. The van der Waals surface area contributed by atoms with Gasteiger partial charge >= 0.3 is 0 Å². The number of anilines is 1. The molecule has 0 aromatic heterocycles. The third kappa shape index (κ3) is 5.55. The maximum absolute atomic E-state index is 11.9. The topological polar surface area (TPSA) is 84.2 Å². The van der Waals surface area contributed by atoms with Crippen LogP contribution in [0.2, 0.25) is 0 Å². The fourth-order valence-corrected chi connectivity index (χ4v) is 1.84. The number of benzene rings is 1. The highest BCUT2D eigenvalue weighted by molar-refractivity contribution is 5.92. The first-order chi connectivity index (χ1) is 9.97. The van der Waals surface area contributed by atoms with Gasteiger partial charge in [-0.05, 0) is 24.1 Å². The second-order valence-corrected chi connectivity index (χ2v) is 5.40. The van der Waals surface area contributed by atoms with Gasteiger partial charge in [0, 0.05) is 30.6 Å². The van der Waals surface area contributed by atoms with Crippen LogP contribution in [0.3, 0.4) is 0 Å². The number of nitrogens with two attached hydrogens (primary N) is 1. The van der Waals surface area contributed by atoms with Crippen molar-refractivity contribution in [3.63, 3.8) is 0 Å². The summed E-state index contributed by atoms with van der Waals surface area (Å²) in [7, 11) is 0. The van der Waals surface area contributed by atoms with Crippen molar-refractivity contribution in [3.05, 3.63) is 29.8 Å². The van der Waals surface area contributed by atoms with Gasteiger partial charge in [-0.2, -0.15) is 0 Å². The number of nitrogens with one attached hydrogen (secondary N) is 2. The van der Waals surface area contributed by atoms with Crippen molar-refractivity contribution < 1.29 is 9.59 Å². The summed E-state index contributed by atoms with van der Waals surface area (Å²) in [4.78, 5) is 23.5. The minimum Gasteiger partial charge on any atom is -0.352 e. The van der Waals surface area contributed by atoms with Gasteiger partial charge < -0.3 is 16.4 Å². The van der Waals surface area contributed by atoms with Gasteiger partial charge in [0.25, 0.3) is 0 Å². The number of carbonyl (C=O) groups excluding carboxylic acids is 2. The van der Waals surface area contributed by atoms with Crippen LogP contribution in [-0.2, 0) is 16.1 Å². The molecule has 1 rings (SSSR count). The quantitative estimate of drug-likeness (QED) is 0.717. The summed E-state index contributed by atoms with van der Waals surface area (Å²) in [6.45, 7) is 6.42. The number of carbonyl (C=O) groups is 2. The van der Waals surface area contributed by atoms with Crippen LogP contribution in [0.1, 0.15) is 32.8 Å². The molecule has 0 heterocycles. The molecule has 0 saturated heterocycles. The zero-order valence-electron chi connectivity index (χ0n) is 13.0. The number of amides is 2. The lowest BCUT2D eigenvalue weighted by Gasteiger charge is -2.13. The Morgan fingerprint density at radius 2 is 1.95 bits per heavy atom. The second-order valence-electron chi connectivity index (χ2n) is 5.40. The SMILES string of the molecule is CCC(CN)C(=O)NCc1cccc(NC(=O)C(C)C)c1. The second kappa shape index (κ2) is 8.42. The van der Waals surface area contributed by atoms with E-state index in [9.17, 15) is 9.59 Å². The molecule has 0 radical (unpaired) electrons. The molecule has 0 saturated carbocycles. The van der Waals surface area contributed by atoms with E-state index >= 15 is 0 Å². The monoisotopic (exact) mass is 291 g/mol. The summed E-state index contributed by atoms with van der Waals surface area (Å²) >= 11 is 0. The molecular weight excluding hydrogens is 266 g/mol. The predicted octanol–water partition coefficient (Wildman–Crippen LogP) is 1.88. The average molecular weight is 291 g/mol. The smallest absolute Gasteiger partial charge is 0.226 e. The van der Waals surface area contributed by atoms with Crippen LogP contribution in [0.4, 0.5) is 5.69 Å². The van der Waals surface area contributed by atoms with E-state index < -0.39 is 0 Å². The fourth-order valence-electron chi connectivity index (χ4n) is 1.84. The van der Waals surface area contributed by atoms with Crippen molar-refractivity contribution in [2.24, 2.45) is 17.6 Å². The summed E-state index contributed by atoms with van der Waals surface area (Å²) in [5, 5.41) is 5.72. The maximum atomic E-state index is 11.9. The Morgan fingerprint density at radius 1 is 1.24 bits per heavy atom. The van der Waals surface area contributed by atoms with E-state index in [0.717, 1.165) is 17.7 Å². The first-order valence-electron chi connectivity index (χ1n) is 7.35. The van der Waals surface area contributed by atoms with Crippen LogP contribution in [0, 0.1) is 11.8 Å². The van der Waals surface area contributed by atoms with Gasteiger partial charge in [0.05, 0.1) is 0 Å².